The van der Waals surface area contributed by atoms with Crippen LogP contribution in [0.4, 0.5) is 5.00 Å². The van der Waals surface area contributed by atoms with Crippen molar-refractivity contribution in [3.63, 3.8) is 0 Å². The highest BCUT2D eigenvalue weighted by Crippen LogP contribution is 2.48. The number of esters is 1. The predicted octanol–water partition coefficient (Wildman–Crippen LogP) is 4.79. The molecule has 1 N–H and O–H groups in total. The molecule has 1 aromatic carbocycles. The van der Waals surface area contributed by atoms with Gasteiger partial charge in [0.2, 0.25) is 5.91 Å². The third-order valence-electron chi connectivity index (χ3n) is 5.58. The third-order valence-corrected chi connectivity index (χ3v) is 6.75. The summed E-state index contributed by atoms with van der Waals surface area (Å²) in [6.07, 6.45) is 3.79. The first-order valence-electron chi connectivity index (χ1n) is 9.76. The second-order valence-electron chi connectivity index (χ2n) is 7.62. The SMILES string of the molecule is CCOC(=O)c1c(NC(=O)[C@H]2C[C@H]2c2ccccc2)sc2c1CC[C@H](C)C2. The van der Waals surface area contributed by atoms with Crippen LogP contribution in [-0.2, 0) is 22.4 Å². The van der Waals surface area contributed by atoms with Crippen molar-refractivity contribution in [2.45, 2.75) is 45.4 Å². The Hall–Kier alpha value is -2.14. The Balaban J connectivity index is 1.55. The van der Waals surface area contributed by atoms with Gasteiger partial charge in [0, 0.05) is 10.8 Å². The highest BCUT2D eigenvalue weighted by Gasteiger charge is 2.44. The number of carbonyl (C=O) groups is 2. The molecule has 2 aliphatic rings. The fourth-order valence-corrected chi connectivity index (χ4v) is 5.42. The summed E-state index contributed by atoms with van der Waals surface area (Å²) in [5.41, 5.74) is 2.89. The number of ether oxygens (including phenoxy) is 1. The zero-order valence-electron chi connectivity index (χ0n) is 15.8. The van der Waals surface area contributed by atoms with Crippen LogP contribution in [0.5, 0.6) is 0 Å². The van der Waals surface area contributed by atoms with E-state index >= 15 is 0 Å². The van der Waals surface area contributed by atoms with Gasteiger partial charge in [0.05, 0.1) is 12.2 Å². The van der Waals surface area contributed by atoms with Gasteiger partial charge in [-0.3, -0.25) is 4.79 Å². The fourth-order valence-electron chi connectivity index (χ4n) is 4.02. The van der Waals surface area contributed by atoms with Gasteiger partial charge in [-0.05, 0) is 55.6 Å². The number of carbonyl (C=O) groups excluding carboxylic acids is 2. The molecular weight excluding hydrogens is 358 g/mol. The van der Waals surface area contributed by atoms with E-state index in [1.165, 1.54) is 10.4 Å². The van der Waals surface area contributed by atoms with Crippen LogP contribution in [0.3, 0.4) is 0 Å². The summed E-state index contributed by atoms with van der Waals surface area (Å²) in [5.74, 6) is 0.587. The summed E-state index contributed by atoms with van der Waals surface area (Å²) in [6.45, 7) is 4.39. The Kier molecular flexibility index (Phi) is 5.04. The molecule has 0 unspecified atom stereocenters. The molecule has 142 valence electrons. The molecule has 4 rings (SSSR count). The van der Waals surface area contributed by atoms with Crippen LogP contribution in [0.2, 0.25) is 0 Å². The lowest BCUT2D eigenvalue weighted by Crippen LogP contribution is -2.18. The van der Waals surface area contributed by atoms with Crippen LogP contribution in [0.1, 0.15) is 59.0 Å². The van der Waals surface area contributed by atoms with Gasteiger partial charge in [0.25, 0.3) is 0 Å². The Bertz CT molecular complexity index is 858. The van der Waals surface area contributed by atoms with E-state index in [4.69, 9.17) is 4.74 Å². The molecule has 0 spiro atoms. The lowest BCUT2D eigenvalue weighted by atomic mass is 9.88. The number of fused-ring (bicyclic) bond motifs is 1. The first kappa shape index (κ1) is 18.2. The van der Waals surface area contributed by atoms with Crippen molar-refractivity contribution in [2.75, 3.05) is 11.9 Å². The summed E-state index contributed by atoms with van der Waals surface area (Å²) in [7, 11) is 0. The monoisotopic (exact) mass is 383 g/mol. The molecule has 27 heavy (non-hydrogen) atoms. The van der Waals surface area contributed by atoms with Gasteiger partial charge in [-0.25, -0.2) is 4.79 Å². The molecular formula is C22H25NO3S. The van der Waals surface area contributed by atoms with E-state index in [-0.39, 0.29) is 23.7 Å². The minimum absolute atomic E-state index is 0.0134. The van der Waals surface area contributed by atoms with E-state index < -0.39 is 0 Å². The van der Waals surface area contributed by atoms with Gasteiger partial charge in [-0.2, -0.15) is 0 Å². The zero-order chi connectivity index (χ0) is 19.0. The lowest BCUT2D eigenvalue weighted by molar-refractivity contribution is -0.117. The van der Waals surface area contributed by atoms with E-state index in [1.54, 1.807) is 11.3 Å². The summed E-state index contributed by atoms with van der Waals surface area (Å²) in [5, 5.41) is 3.74. The molecule has 0 saturated heterocycles. The van der Waals surface area contributed by atoms with E-state index in [0.717, 1.165) is 31.2 Å². The normalized spacial score (nSPS) is 23.4. The minimum Gasteiger partial charge on any atom is -0.462 e. The summed E-state index contributed by atoms with van der Waals surface area (Å²) < 4.78 is 5.28. The smallest absolute Gasteiger partial charge is 0.341 e. The van der Waals surface area contributed by atoms with Crippen LogP contribution < -0.4 is 5.32 Å². The maximum Gasteiger partial charge on any atom is 0.341 e. The highest BCUT2D eigenvalue weighted by molar-refractivity contribution is 7.17. The second-order valence-corrected chi connectivity index (χ2v) is 8.73. The van der Waals surface area contributed by atoms with Gasteiger partial charge in [0.15, 0.2) is 0 Å². The van der Waals surface area contributed by atoms with Gasteiger partial charge in [-0.15, -0.1) is 11.3 Å². The quantitative estimate of drug-likeness (QED) is 0.755. The fraction of sp³-hybridized carbons (Fsp3) is 0.455. The molecule has 0 radical (unpaired) electrons. The molecule has 0 bridgehead atoms. The van der Waals surface area contributed by atoms with Crippen molar-refractivity contribution in [3.05, 3.63) is 51.9 Å². The van der Waals surface area contributed by atoms with E-state index in [9.17, 15) is 9.59 Å². The molecule has 1 aromatic heterocycles. The molecule has 2 aliphatic carbocycles. The van der Waals surface area contributed by atoms with Crippen molar-refractivity contribution in [2.24, 2.45) is 11.8 Å². The maximum atomic E-state index is 12.8. The van der Waals surface area contributed by atoms with Gasteiger partial charge in [-0.1, -0.05) is 37.3 Å². The molecule has 0 aliphatic heterocycles. The maximum absolute atomic E-state index is 12.8. The molecule has 1 fully saturated rings. The summed E-state index contributed by atoms with van der Waals surface area (Å²) in [6, 6.07) is 10.2. The zero-order valence-corrected chi connectivity index (χ0v) is 16.6. The average Bonchev–Trinajstić information content (AvgIpc) is 3.38. The average molecular weight is 384 g/mol. The van der Waals surface area contributed by atoms with Crippen molar-refractivity contribution in [3.8, 4) is 0 Å². The standard InChI is InChI=1S/C22H25NO3S/c1-3-26-22(25)19-15-10-9-13(2)11-18(15)27-21(19)23-20(24)17-12-16(17)14-7-5-4-6-8-14/h4-8,13,16-17H,3,9-12H2,1-2H3,(H,23,24)/t13-,16-,17-/m0/s1. The minimum atomic E-state index is -0.310. The van der Waals surface area contributed by atoms with Gasteiger partial charge < -0.3 is 10.1 Å². The van der Waals surface area contributed by atoms with Crippen molar-refractivity contribution < 1.29 is 14.3 Å². The van der Waals surface area contributed by atoms with Crippen molar-refractivity contribution in [1.82, 2.24) is 0 Å². The lowest BCUT2D eigenvalue weighted by Gasteiger charge is -2.18. The number of amides is 1. The first-order chi connectivity index (χ1) is 13.1. The Morgan fingerprint density at radius 3 is 2.78 bits per heavy atom. The molecule has 4 nitrogen and oxygen atoms in total. The molecule has 3 atom stereocenters. The number of thiophene rings is 1. The number of benzene rings is 1. The Morgan fingerprint density at radius 1 is 1.26 bits per heavy atom. The number of hydrogen-bond acceptors (Lipinski definition) is 4. The third kappa shape index (κ3) is 3.65. The topological polar surface area (TPSA) is 55.4 Å². The van der Waals surface area contributed by atoms with Crippen LogP contribution in [0.15, 0.2) is 30.3 Å². The van der Waals surface area contributed by atoms with Crippen LogP contribution in [-0.4, -0.2) is 18.5 Å². The molecule has 1 heterocycles. The van der Waals surface area contributed by atoms with Gasteiger partial charge in [0.1, 0.15) is 5.00 Å². The predicted molar refractivity (Wildman–Crippen MR) is 107 cm³/mol. The molecule has 2 aromatic rings. The van der Waals surface area contributed by atoms with E-state index in [2.05, 4.69) is 24.4 Å². The van der Waals surface area contributed by atoms with Crippen molar-refractivity contribution >= 4 is 28.2 Å². The van der Waals surface area contributed by atoms with Crippen molar-refractivity contribution in [1.29, 1.82) is 0 Å². The van der Waals surface area contributed by atoms with E-state index in [1.807, 2.05) is 25.1 Å². The number of anilines is 1. The largest absolute Gasteiger partial charge is 0.462 e. The Labute approximate surface area is 163 Å². The van der Waals surface area contributed by atoms with Crippen LogP contribution >= 0.6 is 11.3 Å². The summed E-state index contributed by atoms with van der Waals surface area (Å²) in [4.78, 5) is 26.6. The number of hydrogen-bond donors (Lipinski definition) is 1. The number of nitrogens with one attached hydrogen (secondary N) is 1. The molecule has 5 heteroatoms. The second kappa shape index (κ2) is 7.47. The molecule has 1 saturated carbocycles. The van der Waals surface area contributed by atoms with E-state index in [0.29, 0.717) is 23.1 Å². The molecule has 1 amide bonds. The van der Waals surface area contributed by atoms with Crippen LogP contribution in [0, 0.1) is 11.8 Å². The highest BCUT2D eigenvalue weighted by atomic mass is 32.1. The first-order valence-corrected chi connectivity index (χ1v) is 10.6. The van der Waals surface area contributed by atoms with Crippen LogP contribution in [0.25, 0.3) is 0 Å². The van der Waals surface area contributed by atoms with Gasteiger partial charge >= 0.3 is 5.97 Å². The Morgan fingerprint density at radius 2 is 2.04 bits per heavy atom. The summed E-state index contributed by atoms with van der Waals surface area (Å²) >= 11 is 1.56. The number of rotatable bonds is 5.